The van der Waals surface area contributed by atoms with Crippen LogP contribution in [0.15, 0.2) is 48.5 Å². The van der Waals surface area contributed by atoms with Crippen molar-refractivity contribution in [2.75, 3.05) is 0 Å². The molecule has 3 rings (SSSR count). The van der Waals surface area contributed by atoms with Gasteiger partial charge in [-0.3, -0.25) is 0 Å². The number of rotatable bonds is 0. The number of hydrogen-bond donors (Lipinski definition) is 0. The van der Waals surface area contributed by atoms with E-state index in [1.54, 1.807) is 0 Å². The Morgan fingerprint density at radius 2 is 1.50 bits per heavy atom. The van der Waals surface area contributed by atoms with Gasteiger partial charge in [0.1, 0.15) is 0 Å². The topological polar surface area (TPSA) is 0 Å². The highest BCUT2D eigenvalue weighted by molar-refractivity contribution is 6.37. The van der Waals surface area contributed by atoms with Crippen LogP contribution in [0.1, 0.15) is 0 Å². The summed E-state index contributed by atoms with van der Waals surface area (Å²) in [6.45, 7) is 0. The van der Waals surface area contributed by atoms with Crippen LogP contribution in [0, 0.1) is 0 Å². The molecule has 0 atom stereocenters. The van der Waals surface area contributed by atoms with Crippen molar-refractivity contribution in [2.45, 2.75) is 0 Å². The van der Waals surface area contributed by atoms with Crippen LogP contribution in [0.25, 0.3) is 21.5 Å². The molecule has 0 heterocycles. The Hall–Kier alpha value is -1.24. The molecule has 0 aliphatic heterocycles. The van der Waals surface area contributed by atoms with Crippen LogP contribution < -0.4 is 0 Å². The first-order valence-corrected chi connectivity index (χ1v) is 5.78. The molecule has 0 aliphatic rings. The standard InChI is InChI=1S/C14H8Cl2/c15-10-6-4-9-5-7-12-11(13(9)8-10)2-1-3-14(12)16/h1-8H. The molecule has 0 radical (unpaired) electrons. The van der Waals surface area contributed by atoms with Crippen molar-refractivity contribution in [1.29, 1.82) is 0 Å². The van der Waals surface area contributed by atoms with Gasteiger partial charge in [-0.25, -0.2) is 0 Å². The molecule has 16 heavy (non-hydrogen) atoms. The van der Waals surface area contributed by atoms with Gasteiger partial charge in [-0.1, -0.05) is 53.5 Å². The molecule has 0 fully saturated rings. The molecule has 0 nitrogen and oxygen atoms in total. The number of benzene rings is 3. The van der Waals surface area contributed by atoms with Gasteiger partial charge in [-0.15, -0.1) is 0 Å². The molecule has 3 aromatic rings. The number of halogens is 2. The van der Waals surface area contributed by atoms with Crippen LogP contribution in [-0.2, 0) is 0 Å². The van der Waals surface area contributed by atoms with Crippen molar-refractivity contribution < 1.29 is 0 Å². The van der Waals surface area contributed by atoms with E-state index in [0.717, 1.165) is 26.2 Å². The van der Waals surface area contributed by atoms with Crippen molar-refractivity contribution in [3.63, 3.8) is 0 Å². The van der Waals surface area contributed by atoms with Crippen LogP contribution in [0.2, 0.25) is 10.0 Å². The Labute approximate surface area is 103 Å². The number of hydrogen-bond acceptors (Lipinski definition) is 0. The maximum atomic E-state index is 6.16. The van der Waals surface area contributed by atoms with E-state index < -0.39 is 0 Å². The van der Waals surface area contributed by atoms with E-state index in [2.05, 4.69) is 12.1 Å². The molecule has 0 spiro atoms. The van der Waals surface area contributed by atoms with Gasteiger partial charge in [-0.2, -0.15) is 0 Å². The first-order valence-electron chi connectivity index (χ1n) is 5.02. The van der Waals surface area contributed by atoms with Gasteiger partial charge in [-0.05, 0) is 34.4 Å². The lowest BCUT2D eigenvalue weighted by Gasteiger charge is -2.05. The lowest BCUT2D eigenvalue weighted by atomic mass is 10.0. The van der Waals surface area contributed by atoms with Gasteiger partial charge >= 0.3 is 0 Å². The molecule has 0 aliphatic carbocycles. The van der Waals surface area contributed by atoms with E-state index in [4.69, 9.17) is 23.2 Å². The fraction of sp³-hybridized carbons (Fsp3) is 0. The van der Waals surface area contributed by atoms with E-state index in [1.165, 1.54) is 5.39 Å². The van der Waals surface area contributed by atoms with Gasteiger partial charge in [0.2, 0.25) is 0 Å². The van der Waals surface area contributed by atoms with Gasteiger partial charge in [0, 0.05) is 15.4 Å². The van der Waals surface area contributed by atoms with Crippen molar-refractivity contribution in [1.82, 2.24) is 0 Å². The molecular weight excluding hydrogens is 239 g/mol. The maximum Gasteiger partial charge on any atom is 0.0484 e. The summed E-state index contributed by atoms with van der Waals surface area (Å²) in [5, 5.41) is 6.07. The summed E-state index contributed by atoms with van der Waals surface area (Å²) in [5.74, 6) is 0. The van der Waals surface area contributed by atoms with Gasteiger partial charge in [0.05, 0.1) is 0 Å². The van der Waals surface area contributed by atoms with Crippen LogP contribution in [0.3, 0.4) is 0 Å². The fourth-order valence-electron chi connectivity index (χ4n) is 2.02. The monoisotopic (exact) mass is 246 g/mol. The lowest BCUT2D eigenvalue weighted by molar-refractivity contribution is 1.76. The maximum absolute atomic E-state index is 6.16. The molecule has 3 aromatic carbocycles. The second kappa shape index (κ2) is 3.65. The zero-order chi connectivity index (χ0) is 11.1. The molecule has 0 N–H and O–H groups in total. The third kappa shape index (κ3) is 1.46. The van der Waals surface area contributed by atoms with E-state index in [9.17, 15) is 0 Å². The van der Waals surface area contributed by atoms with Crippen LogP contribution in [-0.4, -0.2) is 0 Å². The zero-order valence-electron chi connectivity index (χ0n) is 8.37. The minimum Gasteiger partial charge on any atom is -0.0843 e. The molecule has 0 saturated carbocycles. The van der Waals surface area contributed by atoms with E-state index >= 15 is 0 Å². The molecule has 0 bridgehead atoms. The predicted molar refractivity (Wildman–Crippen MR) is 71.5 cm³/mol. The number of fused-ring (bicyclic) bond motifs is 3. The molecule has 0 amide bonds. The summed E-state index contributed by atoms with van der Waals surface area (Å²) < 4.78 is 0. The molecule has 2 heteroatoms. The van der Waals surface area contributed by atoms with Gasteiger partial charge in [0.15, 0.2) is 0 Å². The smallest absolute Gasteiger partial charge is 0.0484 e. The minimum atomic E-state index is 0.750. The van der Waals surface area contributed by atoms with E-state index in [0.29, 0.717) is 0 Å². The molecule has 0 saturated heterocycles. The highest BCUT2D eigenvalue weighted by atomic mass is 35.5. The van der Waals surface area contributed by atoms with Crippen molar-refractivity contribution in [3.8, 4) is 0 Å². The van der Waals surface area contributed by atoms with Crippen molar-refractivity contribution >= 4 is 44.7 Å². The van der Waals surface area contributed by atoms with Gasteiger partial charge in [0.25, 0.3) is 0 Å². The Kier molecular flexibility index (Phi) is 2.27. The summed E-state index contributed by atoms with van der Waals surface area (Å²) in [7, 11) is 0. The average Bonchev–Trinajstić information content (AvgIpc) is 2.29. The molecular formula is C14H8Cl2. The average molecular weight is 247 g/mol. The Balaban J connectivity index is 2.58. The zero-order valence-corrected chi connectivity index (χ0v) is 9.89. The molecule has 0 unspecified atom stereocenters. The van der Waals surface area contributed by atoms with E-state index in [1.807, 2.05) is 36.4 Å². The first kappa shape index (κ1) is 9.95. The molecule has 0 aromatic heterocycles. The second-order valence-electron chi connectivity index (χ2n) is 3.77. The summed E-state index contributed by atoms with van der Waals surface area (Å²) >= 11 is 12.2. The Bertz CT molecular complexity index is 687. The summed E-state index contributed by atoms with van der Waals surface area (Å²) in [4.78, 5) is 0. The summed E-state index contributed by atoms with van der Waals surface area (Å²) in [6.07, 6.45) is 0. The van der Waals surface area contributed by atoms with E-state index in [-0.39, 0.29) is 0 Å². The fourth-order valence-corrected chi connectivity index (χ4v) is 2.43. The first-order chi connectivity index (χ1) is 7.75. The highest BCUT2D eigenvalue weighted by Crippen LogP contribution is 2.31. The molecule has 78 valence electrons. The predicted octanol–water partition coefficient (Wildman–Crippen LogP) is 5.30. The quantitative estimate of drug-likeness (QED) is 0.473. The summed E-state index contributed by atoms with van der Waals surface area (Å²) in [5.41, 5.74) is 0. The largest absolute Gasteiger partial charge is 0.0843 e. The van der Waals surface area contributed by atoms with Gasteiger partial charge < -0.3 is 0 Å². The van der Waals surface area contributed by atoms with Crippen molar-refractivity contribution in [3.05, 3.63) is 58.6 Å². The SMILES string of the molecule is Clc1ccc2ccc3c(Cl)cccc3c2c1. The Morgan fingerprint density at radius 3 is 2.38 bits per heavy atom. The third-order valence-corrected chi connectivity index (χ3v) is 3.35. The van der Waals surface area contributed by atoms with Crippen LogP contribution in [0.5, 0.6) is 0 Å². The van der Waals surface area contributed by atoms with Crippen molar-refractivity contribution in [2.24, 2.45) is 0 Å². The summed E-state index contributed by atoms with van der Waals surface area (Å²) in [6, 6.07) is 16.0. The third-order valence-electron chi connectivity index (χ3n) is 2.79. The van der Waals surface area contributed by atoms with Crippen LogP contribution in [0.4, 0.5) is 0 Å². The highest BCUT2D eigenvalue weighted by Gasteiger charge is 2.03. The minimum absolute atomic E-state index is 0.750. The lowest BCUT2D eigenvalue weighted by Crippen LogP contribution is -1.78. The van der Waals surface area contributed by atoms with Crippen LogP contribution >= 0.6 is 23.2 Å². The normalized spacial score (nSPS) is 11.1. The Morgan fingerprint density at radius 1 is 0.688 bits per heavy atom. The second-order valence-corrected chi connectivity index (χ2v) is 4.61.